The Balaban J connectivity index is 2.69. The highest BCUT2D eigenvalue weighted by molar-refractivity contribution is 5.94. The molecule has 1 amide bonds. The molecule has 0 aliphatic heterocycles. The van der Waals surface area contributed by atoms with Crippen molar-refractivity contribution in [2.75, 3.05) is 12.4 Å². The molecule has 94 valence electrons. The highest BCUT2D eigenvalue weighted by Gasteiger charge is 2.13. The summed E-state index contributed by atoms with van der Waals surface area (Å²) >= 11 is 0. The number of aromatic hydroxyl groups is 1. The lowest BCUT2D eigenvalue weighted by molar-refractivity contribution is -0.117. The van der Waals surface area contributed by atoms with Gasteiger partial charge in [0.1, 0.15) is 0 Å². The predicted octanol–water partition coefficient (Wildman–Crippen LogP) is 1.47. The van der Waals surface area contributed by atoms with E-state index in [1.807, 2.05) is 6.92 Å². The normalized spacial score (nSPS) is 11.9. The second-order valence-corrected chi connectivity index (χ2v) is 3.77. The molecule has 0 bridgehead atoms. The van der Waals surface area contributed by atoms with Crippen molar-refractivity contribution in [2.45, 2.75) is 25.8 Å². The van der Waals surface area contributed by atoms with Crippen molar-refractivity contribution in [1.29, 1.82) is 0 Å². The van der Waals surface area contributed by atoms with Gasteiger partial charge in [0.05, 0.1) is 13.2 Å². The van der Waals surface area contributed by atoms with Gasteiger partial charge in [-0.25, -0.2) is 0 Å². The van der Waals surface area contributed by atoms with Gasteiger partial charge in [-0.15, -0.1) is 0 Å². The number of hydrogen-bond acceptors (Lipinski definition) is 4. The van der Waals surface area contributed by atoms with Gasteiger partial charge >= 0.3 is 0 Å². The Morgan fingerprint density at radius 3 is 2.82 bits per heavy atom. The highest BCUT2D eigenvalue weighted by Crippen LogP contribution is 2.28. The summed E-state index contributed by atoms with van der Waals surface area (Å²) in [6, 6.07) is 4.13. The van der Waals surface area contributed by atoms with Crippen LogP contribution in [0.1, 0.15) is 19.8 Å². The summed E-state index contributed by atoms with van der Waals surface area (Å²) in [5.74, 6) is 0.0895. The average molecular weight is 238 g/mol. The van der Waals surface area contributed by atoms with E-state index >= 15 is 0 Å². The van der Waals surface area contributed by atoms with Crippen molar-refractivity contribution in [3.8, 4) is 11.5 Å². The van der Waals surface area contributed by atoms with Gasteiger partial charge in [0.15, 0.2) is 11.5 Å². The first kappa shape index (κ1) is 13.3. The zero-order valence-electron chi connectivity index (χ0n) is 10.1. The topological polar surface area (TPSA) is 84.6 Å². The van der Waals surface area contributed by atoms with Crippen LogP contribution in [0.25, 0.3) is 0 Å². The number of methoxy groups -OCH3 is 1. The van der Waals surface area contributed by atoms with Crippen LogP contribution in [-0.4, -0.2) is 24.2 Å². The molecule has 1 rings (SSSR count). The van der Waals surface area contributed by atoms with Gasteiger partial charge in [-0.2, -0.15) is 0 Å². The molecule has 0 saturated heterocycles. The van der Waals surface area contributed by atoms with Crippen LogP contribution < -0.4 is 15.8 Å². The smallest absolute Gasteiger partial charge is 0.241 e. The molecule has 0 aromatic heterocycles. The Kier molecular flexibility index (Phi) is 4.78. The molecule has 0 heterocycles. The van der Waals surface area contributed by atoms with Gasteiger partial charge < -0.3 is 20.9 Å². The molecular weight excluding hydrogens is 220 g/mol. The third-order valence-corrected chi connectivity index (χ3v) is 2.38. The SMILES string of the molecule is CCC[C@@H](N)C(=O)Nc1ccc(OC)c(O)c1. The summed E-state index contributed by atoms with van der Waals surface area (Å²) < 4.78 is 4.90. The summed E-state index contributed by atoms with van der Waals surface area (Å²) in [4.78, 5) is 11.6. The van der Waals surface area contributed by atoms with Crippen LogP contribution in [0.5, 0.6) is 11.5 Å². The van der Waals surface area contributed by atoms with Crippen molar-refractivity contribution in [3.05, 3.63) is 18.2 Å². The Morgan fingerprint density at radius 2 is 2.29 bits per heavy atom. The first-order valence-corrected chi connectivity index (χ1v) is 5.52. The van der Waals surface area contributed by atoms with E-state index in [2.05, 4.69) is 5.32 Å². The lowest BCUT2D eigenvalue weighted by Crippen LogP contribution is -2.35. The van der Waals surface area contributed by atoms with Crippen LogP contribution in [0.3, 0.4) is 0 Å². The Morgan fingerprint density at radius 1 is 1.59 bits per heavy atom. The van der Waals surface area contributed by atoms with Gasteiger partial charge in [0.2, 0.25) is 5.91 Å². The Bertz CT molecular complexity index is 393. The lowest BCUT2D eigenvalue weighted by atomic mass is 10.1. The van der Waals surface area contributed by atoms with Gasteiger partial charge in [0.25, 0.3) is 0 Å². The van der Waals surface area contributed by atoms with Crippen LogP contribution in [0.15, 0.2) is 18.2 Å². The Labute approximate surface area is 101 Å². The second kappa shape index (κ2) is 6.10. The van der Waals surface area contributed by atoms with Crippen molar-refractivity contribution >= 4 is 11.6 Å². The fourth-order valence-electron chi connectivity index (χ4n) is 1.44. The molecule has 5 nitrogen and oxygen atoms in total. The van der Waals surface area contributed by atoms with Crippen molar-refractivity contribution in [3.63, 3.8) is 0 Å². The molecule has 0 saturated carbocycles. The maximum atomic E-state index is 11.6. The number of nitrogens with one attached hydrogen (secondary N) is 1. The zero-order chi connectivity index (χ0) is 12.8. The number of ether oxygens (including phenoxy) is 1. The third kappa shape index (κ3) is 3.64. The summed E-state index contributed by atoms with van der Waals surface area (Å²) in [7, 11) is 1.46. The van der Waals surface area contributed by atoms with Gasteiger partial charge in [0, 0.05) is 11.8 Å². The number of hydrogen-bond donors (Lipinski definition) is 3. The minimum atomic E-state index is -0.524. The molecule has 1 aromatic rings. The fourth-order valence-corrected chi connectivity index (χ4v) is 1.44. The van der Waals surface area contributed by atoms with Crippen molar-refractivity contribution < 1.29 is 14.6 Å². The molecule has 0 aliphatic rings. The van der Waals surface area contributed by atoms with Crippen LogP contribution in [0.2, 0.25) is 0 Å². The lowest BCUT2D eigenvalue weighted by Gasteiger charge is -2.12. The number of benzene rings is 1. The summed E-state index contributed by atoms with van der Waals surface area (Å²) in [6.07, 6.45) is 1.48. The number of phenols is 1. The molecule has 0 fully saturated rings. The first-order valence-electron chi connectivity index (χ1n) is 5.52. The van der Waals surface area contributed by atoms with Gasteiger partial charge in [-0.05, 0) is 18.6 Å². The first-order chi connectivity index (χ1) is 8.08. The number of phenolic OH excluding ortho intramolecular Hbond substituents is 1. The standard InChI is InChI=1S/C12H18N2O3/c1-3-4-9(13)12(16)14-8-5-6-11(17-2)10(15)7-8/h5-7,9,15H,3-4,13H2,1-2H3,(H,14,16)/t9-/m1/s1. The molecule has 0 spiro atoms. The number of carbonyl (C=O) groups is 1. The minimum absolute atomic E-state index is 0.0191. The van der Waals surface area contributed by atoms with Gasteiger partial charge in [-0.3, -0.25) is 4.79 Å². The van der Waals surface area contributed by atoms with Crippen LogP contribution in [0.4, 0.5) is 5.69 Å². The van der Waals surface area contributed by atoms with E-state index in [0.717, 1.165) is 6.42 Å². The number of anilines is 1. The largest absolute Gasteiger partial charge is 0.504 e. The van der Waals surface area contributed by atoms with Crippen LogP contribution in [-0.2, 0) is 4.79 Å². The monoisotopic (exact) mass is 238 g/mol. The molecule has 1 atom stereocenters. The fraction of sp³-hybridized carbons (Fsp3) is 0.417. The maximum absolute atomic E-state index is 11.6. The van der Waals surface area contributed by atoms with E-state index < -0.39 is 6.04 Å². The summed E-state index contributed by atoms with van der Waals surface area (Å²) in [5.41, 5.74) is 6.17. The summed E-state index contributed by atoms with van der Waals surface area (Å²) in [6.45, 7) is 1.96. The molecule has 5 heteroatoms. The molecule has 4 N–H and O–H groups in total. The van der Waals surface area contributed by atoms with E-state index in [0.29, 0.717) is 17.9 Å². The number of carbonyl (C=O) groups excluding carboxylic acids is 1. The number of rotatable bonds is 5. The quantitative estimate of drug-likeness (QED) is 0.725. The molecular formula is C12H18N2O3. The average Bonchev–Trinajstić information content (AvgIpc) is 2.29. The minimum Gasteiger partial charge on any atom is -0.504 e. The summed E-state index contributed by atoms with van der Waals surface area (Å²) in [5, 5.41) is 12.2. The van der Waals surface area contributed by atoms with Crippen LogP contribution >= 0.6 is 0 Å². The predicted molar refractivity (Wildman–Crippen MR) is 66.2 cm³/mol. The van der Waals surface area contributed by atoms with Crippen molar-refractivity contribution in [2.24, 2.45) is 5.73 Å². The van der Waals surface area contributed by atoms with Gasteiger partial charge in [-0.1, -0.05) is 13.3 Å². The van der Waals surface area contributed by atoms with E-state index in [-0.39, 0.29) is 11.7 Å². The third-order valence-electron chi connectivity index (χ3n) is 2.38. The van der Waals surface area contributed by atoms with Crippen LogP contribution in [0, 0.1) is 0 Å². The van der Waals surface area contributed by atoms with Crippen molar-refractivity contribution in [1.82, 2.24) is 0 Å². The molecule has 0 aliphatic carbocycles. The van der Waals surface area contributed by atoms with E-state index in [1.54, 1.807) is 12.1 Å². The maximum Gasteiger partial charge on any atom is 0.241 e. The van der Waals surface area contributed by atoms with E-state index in [9.17, 15) is 9.90 Å². The molecule has 1 aromatic carbocycles. The Hall–Kier alpha value is -1.75. The molecule has 0 radical (unpaired) electrons. The number of amides is 1. The zero-order valence-corrected chi connectivity index (χ0v) is 10.1. The van der Waals surface area contributed by atoms with E-state index in [1.165, 1.54) is 13.2 Å². The highest BCUT2D eigenvalue weighted by atomic mass is 16.5. The molecule has 17 heavy (non-hydrogen) atoms. The van der Waals surface area contributed by atoms with E-state index in [4.69, 9.17) is 10.5 Å². The second-order valence-electron chi connectivity index (χ2n) is 3.77. The number of nitrogens with two attached hydrogens (primary N) is 1. The molecule has 0 unspecified atom stereocenters.